The number of guanidine groups is 1. The second kappa shape index (κ2) is 11.9. The van der Waals surface area contributed by atoms with E-state index in [1.54, 1.807) is 7.11 Å². The summed E-state index contributed by atoms with van der Waals surface area (Å²) in [4.78, 5) is 9.92. The molecule has 6 heteroatoms. The molecule has 158 valence electrons. The zero-order chi connectivity index (χ0) is 20.4. The second-order valence-corrected chi connectivity index (χ2v) is 7.90. The normalized spacial score (nSPS) is 17.6. The highest BCUT2D eigenvalue weighted by molar-refractivity contribution is 5.79. The topological polar surface area (TPSA) is 52.1 Å². The van der Waals surface area contributed by atoms with Gasteiger partial charge in [0.25, 0.3) is 0 Å². The van der Waals surface area contributed by atoms with Gasteiger partial charge in [0.1, 0.15) is 5.75 Å². The van der Waals surface area contributed by atoms with E-state index < -0.39 is 0 Å². The molecule has 1 aliphatic rings. The first-order valence-corrected chi connectivity index (χ1v) is 10.6. The van der Waals surface area contributed by atoms with E-state index in [2.05, 4.69) is 60.4 Å². The van der Waals surface area contributed by atoms with E-state index in [4.69, 9.17) is 9.73 Å². The Bertz CT molecular complexity index is 579. The van der Waals surface area contributed by atoms with Crippen LogP contribution in [0.25, 0.3) is 0 Å². The molecule has 0 saturated carbocycles. The number of benzene rings is 1. The number of methoxy groups -OCH3 is 1. The number of nitrogens with zero attached hydrogens (tertiary/aromatic N) is 3. The molecule has 0 radical (unpaired) electrons. The number of aliphatic imine (C=N–C) groups is 1. The summed E-state index contributed by atoms with van der Waals surface area (Å²) in [7, 11) is 3.90. The predicted molar refractivity (Wildman–Crippen MR) is 118 cm³/mol. The number of hydrogen-bond donors (Lipinski definition) is 2. The Balaban J connectivity index is 1.88. The molecule has 0 amide bonds. The molecular weight excluding hydrogens is 350 g/mol. The lowest BCUT2D eigenvalue weighted by Crippen LogP contribution is -2.52. The van der Waals surface area contributed by atoms with Gasteiger partial charge in [0.15, 0.2) is 5.96 Å². The van der Waals surface area contributed by atoms with Gasteiger partial charge in [0.05, 0.1) is 13.7 Å². The lowest BCUT2D eigenvalue weighted by atomic mass is 10.0. The van der Waals surface area contributed by atoms with Crippen LogP contribution in [0.5, 0.6) is 5.75 Å². The Kier molecular flexibility index (Phi) is 9.58. The Morgan fingerprint density at radius 2 is 1.79 bits per heavy atom. The SMILES string of the molecule is CCNC(=NCC(C(C)C)N1CCN(C)CC1)NCCc1ccc(OC)cc1. The fourth-order valence-corrected chi connectivity index (χ4v) is 3.55. The van der Waals surface area contributed by atoms with E-state index >= 15 is 0 Å². The van der Waals surface area contributed by atoms with E-state index in [1.165, 1.54) is 5.56 Å². The monoisotopic (exact) mass is 389 g/mol. The Morgan fingerprint density at radius 3 is 2.36 bits per heavy atom. The van der Waals surface area contributed by atoms with Gasteiger partial charge in [0.2, 0.25) is 0 Å². The Morgan fingerprint density at radius 1 is 1.11 bits per heavy atom. The standard InChI is InChI=1S/C22H39N5O/c1-6-23-22(24-12-11-19-7-9-20(28-5)10-8-19)25-17-21(18(2)3)27-15-13-26(4)14-16-27/h7-10,18,21H,6,11-17H2,1-5H3,(H2,23,24,25). The molecule has 6 nitrogen and oxygen atoms in total. The highest BCUT2D eigenvalue weighted by atomic mass is 16.5. The molecule has 2 rings (SSSR count). The first kappa shape index (κ1) is 22.5. The molecule has 2 N–H and O–H groups in total. The maximum Gasteiger partial charge on any atom is 0.191 e. The summed E-state index contributed by atoms with van der Waals surface area (Å²) in [5.74, 6) is 2.40. The summed E-state index contributed by atoms with van der Waals surface area (Å²) in [5.41, 5.74) is 1.29. The third kappa shape index (κ3) is 7.32. The molecule has 1 saturated heterocycles. The Labute approximate surface area is 171 Å². The number of ether oxygens (including phenoxy) is 1. The smallest absolute Gasteiger partial charge is 0.191 e. The molecule has 1 heterocycles. The fraction of sp³-hybridized carbons (Fsp3) is 0.682. The van der Waals surface area contributed by atoms with Crippen molar-refractivity contribution in [3.63, 3.8) is 0 Å². The molecule has 1 aliphatic heterocycles. The van der Waals surface area contributed by atoms with Crippen molar-refractivity contribution in [2.45, 2.75) is 33.2 Å². The minimum absolute atomic E-state index is 0.491. The van der Waals surface area contributed by atoms with Gasteiger partial charge in [-0.2, -0.15) is 0 Å². The van der Waals surface area contributed by atoms with Crippen LogP contribution in [0.15, 0.2) is 29.3 Å². The lowest BCUT2D eigenvalue weighted by Gasteiger charge is -2.39. The van der Waals surface area contributed by atoms with Crippen molar-refractivity contribution in [2.24, 2.45) is 10.9 Å². The zero-order valence-corrected chi connectivity index (χ0v) is 18.4. The van der Waals surface area contributed by atoms with E-state index in [1.807, 2.05) is 12.1 Å². The van der Waals surface area contributed by atoms with Crippen molar-refractivity contribution >= 4 is 5.96 Å². The quantitative estimate of drug-likeness (QED) is 0.500. The predicted octanol–water partition coefficient (Wildman–Crippen LogP) is 2.06. The van der Waals surface area contributed by atoms with Crippen LogP contribution in [-0.4, -0.2) is 81.8 Å². The van der Waals surface area contributed by atoms with Crippen molar-refractivity contribution < 1.29 is 4.74 Å². The van der Waals surface area contributed by atoms with Gasteiger partial charge in [-0.1, -0.05) is 26.0 Å². The molecule has 1 unspecified atom stereocenters. The first-order valence-electron chi connectivity index (χ1n) is 10.6. The molecule has 1 aromatic carbocycles. The van der Waals surface area contributed by atoms with Gasteiger partial charge < -0.3 is 20.3 Å². The minimum atomic E-state index is 0.491. The number of nitrogens with one attached hydrogen (secondary N) is 2. The number of hydrogen-bond acceptors (Lipinski definition) is 4. The molecule has 0 spiro atoms. The number of piperazine rings is 1. The molecule has 0 aliphatic carbocycles. The average molecular weight is 390 g/mol. The van der Waals surface area contributed by atoms with Gasteiger partial charge in [-0.25, -0.2) is 0 Å². The highest BCUT2D eigenvalue weighted by Crippen LogP contribution is 2.14. The van der Waals surface area contributed by atoms with E-state index in [9.17, 15) is 0 Å². The molecule has 0 aromatic heterocycles. The zero-order valence-electron chi connectivity index (χ0n) is 18.4. The van der Waals surface area contributed by atoms with E-state index in [-0.39, 0.29) is 0 Å². The maximum atomic E-state index is 5.22. The second-order valence-electron chi connectivity index (χ2n) is 7.90. The molecule has 1 aromatic rings. The summed E-state index contributed by atoms with van der Waals surface area (Å²) < 4.78 is 5.22. The van der Waals surface area contributed by atoms with Gasteiger partial charge in [-0.05, 0) is 44.0 Å². The van der Waals surface area contributed by atoms with Crippen molar-refractivity contribution in [1.82, 2.24) is 20.4 Å². The van der Waals surface area contributed by atoms with Crippen molar-refractivity contribution in [3.8, 4) is 5.75 Å². The molecule has 0 bridgehead atoms. The third-order valence-corrected chi connectivity index (χ3v) is 5.42. The third-order valence-electron chi connectivity index (χ3n) is 5.42. The van der Waals surface area contributed by atoms with Crippen LogP contribution in [0, 0.1) is 5.92 Å². The number of likely N-dealkylation sites (N-methyl/N-ethyl adjacent to an activating group) is 1. The van der Waals surface area contributed by atoms with Crippen molar-refractivity contribution in [3.05, 3.63) is 29.8 Å². The molecule has 28 heavy (non-hydrogen) atoms. The lowest BCUT2D eigenvalue weighted by molar-refractivity contribution is 0.0925. The van der Waals surface area contributed by atoms with Gasteiger partial charge in [-0.15, -0.1) is 0 Å². The summed E-state index contributed by atoms with van der Waals surface area (Å²) in [5, 5.41) is 6.87. The van der Waals surface area contributed by atoms with Crippen LogP contribution in [0.3, 0.4) is 0 Å². The summed E-state index contributed by atoms with van der Waals surface area (Å²) in [6.45, 7) is 13.9. The summed E-state index contributed by atoms with van der Waals surface area (Å²) in [6, 6.07) is 8.75. The van der Waals surface area contributed by atoms with E-state index in [0.717, 1.165) is 63.9 Å². The van der Waals surface area contributed by atoms with Crippen LogP contribution >= 0.6 is 0 Å². The van der Waals surface area contributed by atoms with Gasteiger partial charge in [-0.3, -0.25) is 9.89 Å². The van der Waals surface area contributed by atoms with Crippen LogP contribution in [0.4, 0.5) is 0 Å². The molecule has 1 fully saturated rings. The van der Waals surface area contributed by atoms with Crippen LogP contribution in [0.1, 0.15) is 26.3 Å². The fourth-order valence-electron chi connectivity index (χ4n) is 3.55. The van der Waals surface area contributed by atoms with Crippen LogP contribution < -0.4 is 15.4 Å². The van der Waals surface area contributed by atoms with Gasteiger partial charge in [0, 0.05) is 45.3 Å². The van der Waals surface area contributed by atoms with Crippen molar-refractivity contribution in [2.75, 3.05) is 60.0 Å². The van der Waals surface area contributed by atoms with Gasteiger partial charge >= 0.3 is 0 Å². The largest absolute Gasteiger partial charge is 0.497 e. The molecular formula is C22H39N5O. The minimum Gasteiger partial charge on any atom is -0.497 e. The number of rotatable bonds is 9. The highest BCUT2D eigenvalue weighted by Gasteiger charge is 2.24. The summed E-state index contributed by atoms with van der Waals surface area (Å²) in [6.07, 6.45) is 0.959. The maximum absolute atomic E-state index is 5.22. The first-order chi connectivity index (χ1) is 13.5. The summed E-state index contributed by atoms with van der Waals surface area (Å²) >= 11 is 0. The molecule has 1 atom stereocenters. The van der Waals surface area contributed by atoms with Crippen LogP contribution in [-0.2, 0) is 6.42 Å². The average Bonchev–Trinajstić information content (AvgIpc) is 2.69. The van der Waals surface area contributed by atoms with Crippen LogP contribution in [0.2, 0.25) is 0 Å². The Hall–Kier alpha value is -1.79. The van der Waals surface area contributed by atoms with Crippen molar-refractivity contribution in [1.29, 1.82) is 0 Å². The van der Waals surface area contributed by atoms with E-state index in [0.29, 0.717) is 12.0 Å².